The zero-order valence-electron chi connectivity index (χ0n) is 14.3. The molecule has 1 unspecified atom stereocenters. The molecule has 4 aliphatic heterocycles. The van der Waals surface area contributed by atoms with E-state index >= 15 is 0 Å². The fraction of sp³-hybridized carbons (Fsp3) is 0.938. The predicted octanol–water partition coefficient (Wildman–Crippen LogP) is 0.308. The lowest BCUT2D eigenvalue weighted by molar-refractivity contribution is -0.299. The second-order valence-electron chi connectivity index (χ2n) is 7.73. The molecule has 0 aromatic carbocycles. The Hall–Kier alpha value is -0.770. The van der Waals surface area contributed by atoms with Crippen molar-refractivity contribution in [1.29, 1.82) is 0 Å². The molecule has 1 N–H and O–H groups in total. The molecule has 0 aromatic heterocycles. The normalized spacial score (nSPS) is 49.4. The van der Waals surface area contributed by atoms with E-state index in [-0.39, 0.29) is 6.61 Å². The summed E-state index contributed by atoms with van der Waals surface area (Å²) in [6.45, 7) is 7.75. The van der Waals surface area contributed by atoms with Crippen LogP contribution in [0.25, 0.3) is 0 Å². The Morgan fingerprint density at radius 2 is 1.75 bits per heavy atom. The lowest BCUT2D eigenvalue weighted by Gasteiger charge is -2.33. The van der Waals surface area contributed by atoms with Crippen molar-refractivity contribution in [3.63, 3.8) is 0 Å². The highest BCUT2D eigenvalue weighted by Gasteiger charge is 2.69. The van der Waals surface area contributed by atoms with Gasteiger partial charge in [0.05, 0.1) is 13.2 Å². The Morgan fingerprint density at radius 3 is 2.33 bits per heavy atom. The molecule has 4 heterocycles. The SMILES string of the molecule is CC1(C)OC[C@H]([C@H]2OC(O)([C@@H]3CCOC3=O)[C@H]3OC(C)(C)O[C@@H]23)O1. The maximum atomic E-state index is 12.0. The summed E-state index contributed by atoms with van der Waals surface area (Å²) in [5.74, 6) is -4.70. The minimum Gasteiger partial charge on any atom is -0.465 e. The lowest BCUT2D eigenvalue weighted by atomic mass is 9.90. The highest BCUT2D eigenvalue weighted by molar-refractivity contribution is 5.75. The molecule has 0 radical (unpaired) electrons. The topological polar surface area (TPSA) is 92.7 Å². The number of fused-ring (bicyclic) bond motifs is 1. The number of ether oxygens (including phenoxy) is 6. The van der Waals surface area contributed by atoms with Crippen molar-refractivity contribution in [2.45, 2.75) is 75.9 Å². The first-order valence-electron chi connectivity index (χ1n) is 8.36. The van der Waals surface area contributed by atoms with Gasteiger partial charge in [-0.2, -0.15) is 0 Å². The van der Waals surface area contributed by atoms with Crippen LogP contribution in [-0.2, 0) is 33.2 Å². The van der Waals surface area contributed by atoms with Crippen molar-refractivity contribution in [2.75, 3.05) is 13.2 Å². The molecule has 136 valence electrons. The minimum absolute atomic E-state index is 0.261. The number of esters is 1. The molecule has 4 rings (SSSR count). The summed E-state index contributed by atoms with van der Waals surface area (Å²) in [5, 5.41) is 11.2. The van der Waals surface area contributed by atoms with Crippen LogP contribution in [0.1, 0.15) is 34.1 Å². The fourth-order valence-corrected chi connectivity index (χ4v) is 4.02. The molecule has 8 nitrogen and oxygen atoms in total. The summed E-state index contributed by atoms with van der Waals surface area (Å²) in [4.78, 5) is 12.0. The van der Waals surface area contributed by atoms with Crippen molar-refractivity contribution >= 4 is 5.97 Å². The van der Waals surface area contributed by atoms with Crippen molar-refractivity contribution in [1.82, 2.24) is 0 Å². The molecule has 0 saturated carbocycles. The summed E-state index contributed by atoms with van der Waals surface area (Å²) >= 11 is 0. The summed E-state index contributed by atoms with van der Waals surface area (Å²) in [7, 11) is 0. The summed E-state index contributed by atoms with van der Waals surface area (Å²) in [6.07, 6.45) is -1.99. The van der Waals surface area contributed by atoms with E-state index in [1.807, 2.05) is 13.8 Å². The number of hydrogen-bond acceptors (Lipinski definition) is 8. The van der Waals surface area contributed by atoms with Crippen molar-refractivity contribution in [3.8, 4) is 0 Å². The van der Waals surface area contributed by atoms with Gasteiger partial charge in [0.1, 0.15) is 30.3 Å². The van der Waals surface area contributed by atoms with Crippen LogP contribution in [0.3, 0.4) is 0 Å². The molecule has 0 aromatic rings. The van der Waals surface area contributed by atoms with Gasteiger partial charge in [-0.1, -0.05) is 0 Å². The van der Waals surface area contributed by atoms with Crippen LogP contribution in [0.15, 0.2) is 0 Å². The second kappa shape index (κ2) is 5.12. The summed E-state index contributed by atoms with van der Waals surface area (Å²) in [6, 6.07) is 0. The average Bonchev–Trinajstić information content (AvgIpc) is 3.17. The van der Waals surface area contributed by atoms with E-state index in [1.54, 1.807) is 13.8 Å². The highest BCUT2D eigenvalue weighted by atomic mass is 16.8. The molecule has 4 saturated heterocycles. The highest BCUT2D eigenvalue weighted by Crippen LogP contribution is 2.49. The molecule has 24 heavy (non-hydrogen) atoms. The maximum Gasteiger partial charge on any atom is 0.314 e. The third-order valence-corrected chi connectivity index (χ3v) is 5.02. The van der Waals surface area contributed by atoms with Crippen LogP contribution >= 0.6 is 0 Å². The van der Waals surface area contributed by atoms with E-state index in [4.69, 9.17) is 28.4 Å². The number of aliphatic hydroxyl groups is 1. The van der Waals surface area contributed by atoms with Gasteiger partial charge < -0.3 is 33.5 Å². The first-order chi connectivity index (χ1) is 11.1. The van der Waals surface area contributed by atoms with Crippen LogP contribution in [-0.4, -0.2) is 66.1 Å². The number of cyclic esters (lactones) is 1. The smallest absolute Gasteiger partial charge is 0.314 e. The standard InChI is InChI=1S/C16H24O8/c1-14(2)20-7-9(21-14)10-11-12(24-15(3,4)22-11)16(18,23-10)8-5-6-19-13(8)17/h8-12,18H,5-7H2,1-4H3/t8-,9-,10-,11+,12+,16?/m1/s1. The largest absolute Gasteiger partial charge is 0.465 e. The summed E-state index contributed by atoms with van der Waals surface area (Å²) in [5.41, 5.74) is 0. The van der Waals surface area contributed by atoms with Gasteiger partial charge in [-0.3, -0.25) is 4.79 Å². The van der Waals surface area contributed by atoms with Crippen LogP contribution < -0.4 is 0 Å². The van der Waals surface area contributed by atoms with Crippen LogP contribution in [0, 0.1) is 5.92 Å². The van der Waals surface area contributed by atoms with E-state index in [0.29, 0.717) is 13.0 Å². The van der Waals surface area contributed by atoms with Crippen LogP contribution in [0.4, 0.5) is 0 Å². The maximum absolute atomic E-state index is 12.0. The first-order valence-corrected chi connectivity index (χ1v) is 8.36. The van der Waals surface area contributed by atoms with Gasteiger partial charge in [0.2, 0.25) is 5.79 Å². The van der Waals surface area contributed by atoms with E-state index in [2.05, 4.69) is 0 Å². The summed E-state index contributed by atoms with van der Waals surface area (Å²) < 4.78 is 34.3. The third kappa shape index (κ3) is 2.48. The zero-order chi connectivity index (χ0) is 17.3. The van der Waals surface area contributed by atoms with Gasteiger partial charge in [0.15, 0.2) is 11.6 Å². The van der Waals surface area contributed by atoms with Crippen LogP contribution in [0.2, 0.25) is 0 Å². The molecule has 0 spiro atoms. The predicted molar refractivity (Wildman–Crippen MR) is 77.6 cm³/mol. The molecule has 4 fully saturated rings. The average molecular weight is 344 g/mol. The van der Waals surface area contributed by atoms with Crippen molar-refractivity contribution < 1.29 is 38.3 Å². The van der Waals surface area contributed by atoms with Crippen molar-refractivity contribution in [2.24, 2.45) is 5.92 Å². The van der Waals surface area contributed by atoms with Gasteiger partial charge in [-0.25, -0.2) is 0 Å². The molecular formula is C16H24O8. The lowest BCUT2D eigenvalue weighted by Crippen LogP contribution is -2.51. The zero-order valence-corrected chi connectivity index (χ0v) is 14.3. The van der Waals surface area contributed by atoms with E-state index < -0.39 is 53.7 Å². The first kappa shape index (κ1) is 16.7. The fourth-order valence-electron chi connectivity index (χ4n) is 4.02. The number of rotatable bonds is 2. The number of hydrogen-bond donors (Lipinski definition) is 1. The Balaban J connectivity index is 1.64. The molecule has 0 amide bonds. The Kier molecular flexibility index (Phi) is 3.56. The molecule has 8 heteroatoms. The van der Waals surface area contributed by atoms with Crippen LogP contribution in [0.5, 0.6) is 0 Å². The second-order valence-corrected chi connectivity index (χ2v) is 7.73. The molecular weight excluding hydrogens is 320 g/mol. The van der Waals surface area contributed by atoms with E-state index in [9.17, 15) is 9.90 Å². The van der Waals surface area contributed by atoms with Gasteiger partial charge in [0, 0.05) is 6.42 Å². The van der Waals surface area contributed by atoms with Gasteiger partial charge in [-0.15, -0.1) is 0 Å². The minimum atomic E-state index is -1.80. The Bertz CT molecular complexity index is 546. The number of carbonyl (C=O) groups is 1. The molecule has 0 aliphatic carbocycles. The molecule has 6 atom stereocenters. The van der Waals surface area contributed by atoms with Gasteiger partial charge in [-0.05, 0) is 27.7 Å². The quantitative estimate of drug-likeness (QED) is 0.716. The van der Waals surface area contributed by atoms with E-state index in [0.717, 1.165) is 0 Å². The van der Waals surface area contributed by atoms with Gasteiger partial charge in [0.25, 0.3) is 0 Å². The molecule has 0 bridgehead atoms. The Morgan fingerprint density at radius 1 is 1.00 bits per heavy atom. The third-order valence-electron chi connectivity index (χ3n) is 5.02. The molecule has 4 aliphatic rings. The monoisotopic (exact) mass is 344 g/mol. The van der Waals surface area contributed by atoms with E-state index in [1.165, 1.54) is 0 Å². The number of carbonyl (C=O) groups excluding carboxylic acids is 1. The van der Waals surface area contributed by atoms with Crippen molar-refractivity contribution in [3.05, 3.63) is 0 Å². The van der Waals surface area contributed by atoms with Gasteiger partial charge >= 0.3 is 5.97 Å². The Labute approximate surface area is 140 Å².